The van der Waals surface area contributed by atoms with Crippen LogP contribution in [0.5, 0.6) is 6.01 Å². The van der Waals surface area contributed by atoms with E-state index in [2.05, 4.69) is 20.3 Å². The summed E-state index contributed by atoms with van der Waals surface area (Å²) in [6, 6.07) is 7.46. The molecule has 18 heteroatoms. The van der Waals surface area contributed by atoms with Crippen molar-refractivity contribution >= 4 is 66.7 Å². The fourth-order valence-electron chi connectivity index (χ4n) is 8.17. The van der Waals surface area contributed by atoms with Crippen LogP contribution in [0, 0.1) is 23.0 Å². The molecular formula is C38H35ClF3N9O4S. The summed E-state index contributed by atoms with van der Waals surface area (Å²) >= 11 is 7.65. The summed E-state index contributed by atoms with van der Waals surface area (Å²) in [5.74, 6) is -1.55. The summed E-state index contributed by atoms with van der Waals surface area (Å²) in [5.41, 5.74) is 0.760. The second-order valence-electron chi connectivity index (χ2n) is 14.5. The predicted octanol–water partition coefficient (Wildman–Crippen LogP) is 7.57. The van der Waals surface area contributed by atoms with Gasteiger partial charge in [-0.1, -0.05) is 17.7 Å². The number of thiophene rings is 1. The zero-order valence-corrected chi connectivity index (χ0v) is 31.9. The third-order valence-corrected chi connectivity index (χ3v) is 12.2. The zero-order chi connectivity index (χ0) is 39.5. The monoisotopic (exact) mass is 805 g/mol. The molecular weight excluding hydrogens is 771 g/mol. The minimum absolute atomic E-state index is 0.00867. The van der Waals surface area contributed by atoms with E-state index in [1.54, 1.807) is 24.8 Å². The number of rotatable bonds is 7. The number of fused-ring (bicyclic) bond motifs is 4. The number of nitriles is 1. The highest BCUT2D eigenvalue weighted by Crippen LogP contribution is 2.47. The van der Waals surface area contributed by atoms with E-state index in [9.17, 15) is 24.3 Å². The number of ether oxygens (including phenoxy) is 1. The van der Waals surface area contributed by atoms with E-state index < -0.39 is 23.3 Å². The quantitative estimate of drug-likeness (QED) is 0.168. The number of aromatic nitrogens is 4. The predicted molar refractivity (Wildman–Crippen MR) is 205 cm³/mol. The van der Waals surface area contributed by atoms with Crippen LogP contribution in [0.1, 0.15) is 53.8 Å². The SMILES string of the molecule is CN(C)C(=O)c1cc2n(n1)CCCCN(c1nc(OCC34CCCN3C/C(=C\F)C4)nc3c(F)c(-c4ccc(F)c5sc(NC(=O)O)c(C#N)c45)c(Cl)cc13)C2. The molecule has 2 fully saturated rings. The summed E-state index contributed by atoms with van der Waals surface area (Å²) < 4.78 is 54.4. The average molecular weight is 806 g/mol. The van der Waals surface area contributed by atoms with Crippen LogP contribution in [0.4, 0.5) is 28.8 Å². The number of nitrogens with one attached hydrogen (secondary N) is 1. The minimum atomic E-state index is -1.45. The summed E-state index contributed by atoms with van der Waals surface area (Å²) in [6.07, 6.45) is 2.78. The number of carbonyl (C=O) groups is 2. The van der Waals surface area contributed by atoms with E-state index in [-0.39, 0.29) is 72.8 Å². The molecule has 1 atom stereocenters. The molecule has 6 heterocycles. The molecule has 0 bridgehead atoms. The van der Waals surface area contributed by atoms with Crippen molar-refractivity contribution in [1.82, 2.24) is 29.5 Å². The number of halogens is 4. The molecule has 290 valence electrons. The Bertz CT molecular complexity index is 2520. The fourth-order valence-corrected chi connectivity index (χ4v) is 9.53. The summed E-state index contributed by atoms with van der Waals surface area (Å²) in [6.45, 7) is 2.74. The van der Waals surface area contributed by atoms with Crippen LogP contribution < -0.4 is 15.0 Å². The third-order valence-electron chi connectivity index (χ3n) is 10.7. The third kappa shape index (κ3) is 6.44. The average Bonchev–Trinajstić information content (AvgIpc) is 3.92. The normalized spacial score (nSPS) is 19.2. The van der Waals surface area contributed by atoms with Gasteiger partial charge in [-0.3, -0.25) is 19.7 Å². The highest BCUT2D eigenvalue weighted by Gasteiger charge is 2.47. The highest BCUT2D eigenvalue weighted by molar-refractivity contribution is 7.23. The van der Waals surface area contributed by atoms with Crippen molar-refractivity contribution in [1.29, 1.82) is 5.26 Å². The largest absolute Gasteiger partial charge is 0.465 e. The molecule has 0 saturated carbocycles. The molecule has 5 aromatic rings. The van der Waals surface area contributed by atoms with Gasteiger partial charge in [0.2, 0.25) is 0 Å². The van der Waals surface area contributed by atoms with Crippen molar-refractivity contribution in [3.05, 3.63) is 69.8 Å². The van der Waals surface area contributed by atoms with E-state index >= 15 is 8.78 Å². The molecule has 3 aliphatic rings. The Morgan fingerprint density at radius 2 is 1.96 bits per heavy atom. The molecule has 56 heavy (non-hydrogen) atoms. The first-order valence-electron chi connectivity index (χ1n) is 18.0. The fraction of sp³-hybridized carbons (Fsp3) is 0.368. The van der Waals surface area contributed by atoms with Crippen molar-refractivity contribution in [3.63, 3.8) is 0 Å². The van der Waals surface area contributed by atoms with Gasteiger partial charge in [-0.15, -0.1) is 11.3 Å². The van der Waals surface area contributed by atoms with Gasteiger partial charge < -0.3 is 19.6 Å². The number of anilines is 2. The van der Waals surface area contributed by atoms with Gasteiger partial charge in [-0.2, -0.15) is 20.3 Å². The van der Waals surface area contributed by atoms with Crippen LogP contribution in [0.3, 0.4) is 0 Å². The van der Waals surface area contributed by atoms with Gasteiger partial charge in [0, 0.05) is 50.1 Å². The maximum atomic E-state index is 17.4. The van der Waals surface area contributed by atoms with Crippen LogP contribution in [-0.4, -0.2) is 92.5 Å². The van der Waals surface area contributed by atoms with Gasteiger partial charge in [-0.05, 0) is 68.0 Å². The van der Waals surface area contributed by atoms with Crippen LogP contribution in [-0.2, 0) is 13.1 Å². The van der Waals surface area contributed by atoms with E-state index in [0.29, 0.717) is 67.2 Å². The topological polar surface area (TPSA) is 153 Å². The highest BCUT2D eigenvalue weighted by atomic mass is 35.5. The summed E-state index contributed by atoms with van der Waals surface area (Å²) in [5, 5.41) is 26.2. The molecule has 13 nitrogen and oxygen atoms in total. The number of aryl methyl sites for hydroxylation is 1. The van der Waals surface area contributed by atoms with Gasteiger partial charge in [0.15, 0.2) is 11.5 Å². The van der Waals surface area contributed by atoms with Gasteiger partial charge >= 0.3 is 12.1 Å². The maximum Gasteiger partial charge on any atom is 0.409 e. The Morgan fingerprint density at radius 3 is 2.71 bits per heavy atom. The zero-order valence-electron chi connectivity index (χ0n) is 30.3. The van der Waals surface area contributed by atoms with E-state index in [1.165, 1.54) is 17.0 Å². The summed E-state index contributed by atoms with van der Waals surface area (Å²) in [4.78, 5) is 39.4. The molecule has 0 aliphatic carbocycles. The molecule has 3 aliphatic heterocycles. The van der Waals surface area contributed by atoms with Gasteiger partial charge in [0.1, 0.15) is 34.8 Å². The standard InChI is InChI=1S/C38H35ClF3N9O4S/c1-48(2)35(52)27-12-21-18-49(9-3-4-11-51(21)47-27)33-23-13-25(39)29(22-6-7-26(41)32-28(22)24(16-43)34(56-32)46-37(53)54)30(42)31(23)44-36(45-33)55-19-38-8-5-10-50(38)17-20(14-38)15-40/h6-7,12-13,15,46H,3-5,8-11,14,17-19H2,1-2H3,(H,53,54)/b20-15-. The Labute approximate surface area is 327 Å². The first kappa shape index (κ1) is 37.5. The lowest BCUT2D eigenvalue weighted by Gasteiger charge is -2.31. The first-order chi connectivity index (χ1) is 26.9. The molecule has 2 saturated heterocycles. The van der Waals surface area contributed by atoms with Crippen molar-refractivity contribution < 1.29 is 32.6 Å². The Hall–Kier alpha value is -5.44. The molecule has 0 radical (unpaired) electrons. The lowest BCUT2D eigenvalue weighted by Crippen LogP contribution is -2.43. The lowest BCUT2D eigenvalue weighted by molar-refractivity contribution is 0.0821. The van der Waals surface area contributed by atoms with Gasteiger partial charge in [0.25, 0.3) is 5.91 Å². The number of hydrogen-bond donors (Lipinski definition) is 2. The Balaban J connectivity index is 1.29. The van der Waals surface area contributed by atoms with Crippen LogP contribution in [0.15, 0.2) is 36.2 Å². The molecule has 2 N–H and O–H groups in total. The maximum absolute atomic E-state index is 17.4. The summed E-state index contributed by atoms with van der Waals surface area (Å²) in [7, 11) is 3.30. The molecule has 0 spiro atoms. The van der Waals surface area contributed by atoms with Crippen LogP contribution in [0.2, 0.25) is 5.02 Å². The number of amides is 2. The second-order valence-corrected chi connectivity index (χ2v) is 15.9. The first-order valence-corrected chi connectivity index (χ1v) is 19.1. The van der Waals surface area contributed by atoms with Crippen LogP contribution in [0.25, 0.3) is 32.1 Å². The van der Waals surface area contributed by atoms with Crippen molar-refractivity contribution in [2.24, 2.45) is 0 Å². The molecule has 1 unspecified atom stereocenters. The number of benzene rings is 2. The molecule has 2 aromatic carbocycles. The minimum Gasteiger partial charge on any atom is -0.465 e. The van der Waals surface area contributed by atoms with Crippen LogP contribution >= 0.6 is 22.9 Å². The Kier molecular flexibility index (Phi) is 9.75. The molecule has 3 aromatic heterocycles. The van der Waals surface area contributed by atoms with Crippen molar-refractivity contribution in [2.45, 2.75) is 50.7 Å². The van der Waals surface area contributed by atoms with Crippen molar-refractivity contribution in [2.75, 3.05) is 50.6 Å². The second kappa shape index (κ2) is 14.6. The van der Waals surface area contributed by atoms with Gasteiger partial charge in [-0.25, -0.2) is 18.0 Å². The van der Waals surface area contributed by atoms with E-state index in [4.69, 9.17) is 21.3 Å². The lowest BCUT2D eigenvalue weighted by atomic mass is 9.94. The number of carboxylic acid groups (broad SMARTS) is 1. The number of nitrogens with zero attached hydrogens (tertiary/aromatic N) is 8. The van der Waals surface area contributed by atoms with E-state index in [0.717, 1.165) is 37.6 Å². The smallest absolute Gasteiger partial charge is 0.409 e. The van der Waals surface area contributed by atoms with Gasteiger partial charge in [0.05, 0.1) is 39.4 Å². The Morgan fingerprint density at radius 1 is 1.16 bits per heavy atom. The number of hydrogen-bond acceptors (Lipinski definition) is 10. The number of carbonyl (C=O) groups excluding carboxylic acids is 1. The molecule has 8 rings (SSSR count). The molecule has 2 amide bonds. The van der Waals surface area contributed by atoms with Crippen molar-refractivity contribution in [3.8, 4) is 23.2 Å². The van der Waals surface area contributed by atoms with E-state index in [1.807, 2.05) is 11.0 Å².